The summed E-state index contributed by atoms with van der Waals surface area (Å²) in [5, 5.41) is 8.85. The maximum Gasteiger partial charge on any atom is 0.324 e. The fourth-order valence-electron chi connectivity index (χ4n) is 2.88. The zero-order valence-corrected chi connectivity index (χ0v) is 17.2. The lowest BCUT2D eigenvalue weighted by molar-refractivity contribution is 0.262. The summed E-state index contributed by atoms with van der Waals surface area (Å²) < 4.78 is 10.7. The molecule has 0 aliphatic carbocycles. The Morgan fingerprint density at radius 2 is 1.73 bits per heavy atom. The minimum atomic E-state index is -0.421. The molecular formula is C22H25N5O3. The highest BCUT2D eigenvalue weighted by molar-refractivity contribution is 6.00. The number of aryl methyl sites for hydroxylation is 1. The van der Waals surface area contributed by atoms with E-state index < -0.39 is 6.03 Å². The average Bonchev–Trinajstić information content (AvgIpc) is 2.76. The van der Waals surface area contributed by atoms with Crippen LogP contribution in [0.25, 0.3) is 0 Å². The number of para-hydroxylation sites is 1. The summed E-state index contributed by atoms with van der Waals surface area (Å²) >= 11 is 0. The lowest BCUT2D eigenvalue weighted by atomic mass is 10.1. The standard InChI is InChI=1S/C22H25N5O3/c1-15-11-25-20(14-24-15)27-22(28)26-19-6-4-5-17(21(19)30-3)13-23-12-16-7-9-18(29-2)10-8-16/h4-11,14,23H,12-13H2,1-3H3,(H2,25,26,27,28). The molecule has 0 bridgehead atoms. The first-order valence-electron chi connectivity index (χ1n) is 9.45. The first-order valence-corrected chi connectivity index (χ1v) is 9.45. The van der Waals surface area contributed by atoms with Gasteiger partial charge < -0.3 is 20.1 Å². The summed E-state index contributed by atoms with van der Waals surface area (Å²) in [7, 11) is 3.23. The van der Waals surface area contributed by atoms with Crippen molar-refractivity contribution in [2.45, 2.75) is 20.0 Å². The number of carbonyl (C=O) groups is 1. The van der Waals surface area contributed by atoms with Crippen LogP contribution in [0.5, 0.6) is 11.5 Å². The Bertz CT molecular complexity index is 975. The minimum Gasteiger partial charge on any atom is -0.497 e. The molecule has 30 heavy (non-hydrogen) atoms. The molecule has 0 saturated carbocycles. The summed E-state index contributed by atoms with van der Waals surface area (Å²) in [6.45, 7) is 3.10. The number of carbonyl (C=O) groups excluding carboxylic acids is 1. The SMILES string of the molecule is COc1ccc(CNCc2cccc(NC(=O)Nc3cnc(C)cn3)c2OC)cc1. The highest BCUT2D eigenvalue weighted by Gasteiger charge is 2.12. The van der Waals surface area contributed by atoms with Crippen molar-refractivity contribution in [1.82, 2.24) is 15.3 Å². The van der Waals surface area contributed by atoms with Crippen LogP contribution in [0.4, 0.5) is 16.3 Å². The lowest BCUT2D eigenvalue weighted by Crippen LogP contribution is -2.21. The van der Waals surface area contributed by atoms with E-state index in [1.807, 2.05) is 43.3 Å². The van der Waals surface area contributed by atoms with Crippen LogP contribution < -0.4 is 25.4 Å². The number of hydrogen-bond donors (Lipinski definition) is 3. The van der Waals surface area contributed by atoms with Crippen LogP contribution in [-0.2, 0) is 13.1 Å². The molecule has 8 heteroatoms. The van der Waals surface area contributed by atoms with Gasteiger partial charge in [-0.25, -0.2) is 9.78 Å². The van der Waals surface area contributed by atoms with Crippen molar-refractivity contribution >= 4 is 17.5 Å². The molecule has 0 fully saturated rings. The molecule has 0 atom stereocenters. The molecule has 2 amide bonds. The highest BCUT2D eigenvalue weighted by Crippen LogP contribution is 2.29. The fourth-order valence-corrected chi connectivity index (χ4v) is 2.88. The molecule has 0 unspecified atom stereocenters. The smallest absolute Gasteiger partial charge is 0.324 e. The second kappa shape index (κ2) is 10.2. The number of aromatic nitrogens is 2. The molecule has 0 aliphatic heterocycles. The van der Waals surface area contributed by atoms with E-state index in [1.165, 1.54) is 6.20 Å². The maximum absolute atomic E-state index is 12.3. The number of amides is 2. The molecule has 3 N–H and O–H groups in total. The van der Waals surface area contributed by atoms with E-state index >= 15 is 0 Å². The van der Waals surface area contributed by atoms with Gasteiger partial charge in [0.05, 0.1) is 38.0 Å². The highest BCUT2D eigenvalue weighted by atomic mass is 16.5. The fraction of sp³-hybridized carbons (Fsp3) is 0.227. The largest absolute Gasteiger partial charge is 0.497 e. The van der Waals surface area contributed by atoms with Crippen molar-refractivity contribution in [2.24, 2.45) is 0 Å². The Kier molecular flexibility index (Phi) is 7.18. The quantitative estimate of drug-likeness (QED) is 0.526. The van der Waals surface area contributed by atoms with Crippen LogP contribution in [0.1, 0.15) is 16.8 Å². The van der Waals surface area contributed by atoms with Crippen LogP contribution in [0.2, 0.25) is 0 Å². The number of anilines is 2. The first-order chi connectivity index (χ1) is 14.6. The van der Waals surface area contributed by atoms with E-state index in [0.717, 1.165) is 22.6 Å². The number of hydrogen-bond acceptors (Lipinski definition) is 6. The number of nitrogens with zero attached hydrogens (tertiary/aromatic N) is 2. The van der Waals surface area contributed by atoms with Crippen molar-refractivity contribution in [3.05, 3.63) is 71.7 Å². The number of benzene rings is 2. The van der Waals surface area contributed by atoms with Crippen LogP contribution in [0.3, 0.4) is 0 Å². The van der Waals surface area contributed by atoms with Gasteiger partial charge in [-0.2, -0.15) is 0 Å². The average molecular weight is 407 g/mol. The van der Waals surface area contributed by atoms with Crippen LogP contribution in [-0.4, -0.2) is 30.2 Å². The van der Waals surface area contributed by atoms with Gasteiger partial charge in [0.15, 0.2) is 5.82 Å². The van der Waals surface area contributed by atoms with E-state index in [1.54, 1.807) is 26.5 Å². The predicted octanol–water partition coefficient (Wildman–Crippen LogP) is 3.74. The van der Waals surface area contributed by atoms with Crippen molar-refractivity contribution in [2.75, 3.05) is 24.9 Å². The zero-order valence-electron chi connectivity index (χ0n) is 17.2. The molecule has 3 aromatic rings. The van der Waals surface area contributed by atoms with E-state index in [-0.39, 0.29) is 0 Å². The second-order valence-electron chi connectivity index (χ2n) is 6.57. The third-order valence-corrected chi connectivity index (χ3v) is 4.38. The van der Waals surface area contributed by atoms with Crippen molar-refractivity contribution in [3.63, 3.8) is 0 Å². The Hall–Kier alpha value is -3.65. The number of ether oxygens (including phenoxy) is 2. The van der Waals surface area contributed by atoms with Crippen LogP contribution in [0, 0.1) is 6.92 Å². The van der Waals surface area contributed by atoms with Gasteiger partial charge in [0, 0.05) is 18.7 Å². The molecule has 0 saturated heterocycles. The molecule has 0 spiro atoms. The van der Waals surface area contributed by atoms with E-state index in [0.29, 0.717) is 30.3 Å². The molecule has 0 radical (unpaired) electrons. The van der Waals surface area contributed by atoms with Gasteiger partial charge in [0.2, 0.25) is 0 Å². The van der Waals surface area contributed by atoms with E-state index in [4.69, 9.17) is 9.47 Å². The molecule has 1 aromatic heterocycles. The van der Waals surface area contributed by atoms with Crippen molar-refractivity contribution < 1.29 is 14.3 Å². The van der Waals surface area contributed by atoms with Crippen molar-refractivity contribution in [1.29, 1.82) is 0 Å². The van der Waals surface area contributed by atoms with Gasteiger partial charge in [-0.15, -0.1) is 0 Å². The normalized spacial score (nSPS) is 10.4. The first kappa shape index (κ1) is 21.1. The van der Waals surface area contributed by atoms with Crippen molar-refractivity contribution in [3.8, 4) is 11.5 Å². The summed E-state index contributed by atoms with van der Waals surface area (Å²) in [4.78, 5) is 20.6. The van der Waals surface area contributed by atoms with Crippen LogP contribution in [0.15, 0.2) is 54.9 Å². The monoisotopic (exact) mass is 407 g/mol. The van der Waals surface area contributed by atoms with Gasteiger partial charge in [0.25, 0.3) is 0 Å². The molecule has 3 rings (SSSR count). The third-order valence-electron chi connectivity index (χ3n) is 4.38. The van der Waals surface area contributed by atoms with Gasteiger partial charge in [-0.05, 0) is 30.7 Å². The predicted molar refractivity (Wildman–Crippen MR) is 116 cm³/mol. The van der Waals surface area contributed by atoms with Gasteiger partial charge in [-0.3, -0.25) is 10.3 Å². The summed E-state index contributed by atoms with van der Waals surface area (Å²) in [6, 6.07) is 13.1. The molecule has 156 valence electrons. The Morgan fingerprint density at radius 1 is 0.933 bits per heavy atom. The second-order valence-corrected chi connectivity index (χ2v) is 6.57. The summed E-state index contributed by atoms with van der Waals surface area (Å²) in [5.41, 5.74) is 3.41. The zero-order chi connectivity index (χ0) is 21.3. The lowest BCUT2D eigenvalue weighted by Gasteiger charge is -2.15. The summed E-state index contributed by atoms with van der Waals surface area (Å²) in [5.74, 6) is 1.80. The van der Waals surface area contributed by atoms with Gasteiger partial charge in [-0.1, -0.05) is 24.3 Å². The number of urea groups is 1. The Balaban J connectivity index is 1.61. The van der Waals surface area contributed by atoms with Gasteiger partial charge >= 0.3 is 6.03 Å². The van der Waals surface area contributed by atoms with Crippen LogP contribution >= 0.6 is 0 Å². The molecule has 1 heterocycles. The molecule has 0 aliphatic rings. The third kappa shape index (κ3) is 5.68. The summed E-state index contributed by atoms with van der Waals surface area (Å²) in [6.07, 6.45) is 3.09. The van der Waals surface area contributed by atoms with Gasteiger partial charge in [0.1, 0.15) is 11.5 Å². The number of rotatable bonds is 8. The number of methoxy groups -OCH3 is 2. The Morgan fingerprint density at radius 3 is 2.40 bits per heavy atom. The van der Waals surface area contributed by atoms with E-state index in [9.17, 15) is 4.79 Å². The topological polar surface area (TPSA) is 97.4 Å². The molecular weight excluding hydrogens is 382 g/mol. The number of nitrogens with one attached hydrogen (secondary N) is 3. The Labute approximate surface area is 175 Å². The molecule has 8 nitrogen and oxygen atoms in total. The van der Waals surface area contributed by atoms with E-state index in [2.05, 4.69) is 25.9 Å². The molecule has 2 aromatic carbocycles. The minimum absolute atomic E-state index is 0.370. The maximum atomic E-state index is 12.3.